The van der Waals surface area contributed by atoms with Crippen molar-refractivity contribution in [1.29, 1.82) is 5.26 Å². The molecule has 1 fully saturated rings. The molecule has 1 aliphatic carbocycles. The molecule has 34 heavy (non-hydrogen) atoms. The molecular formula is C27H25ClN4O2. The standard InChI is InChI=1S/C27H25ClN4O2/c1-33-25-10-4-6-20(27(25)34-22-8-2-3-9-22)7-5-15-30-24-16-21(28)12-13-23(24)32-26-14-11-19(17-29)18-31-26/h4-7,10-16,18,22H,2-3,8-9H2,1H3,(H,31,32)/b7-5+,30-15?. The summed E-state index contributed by atoms with van der Waals surface area (Å²) in [5.74, 6) is 2.10. The van der Waals surface area contributed by atoms with E-state index in [-0.39, 0.29) is 6.10 Å². The quantitative estimate of drug-likeness (QED) is 0.354. The van der Waals surface area contributed by atoms with Crippen LogP contribution in [0.15, 0.2) is 65.8 Å². The van der Waals surface area contributed by atoms with Crippen molar-refractivity contribution in [1.82, 2.24) is 4.98 Å². The second-order valence-electron chi connectivity index (χ2n) is 7.87. The maximum Gasteiger partial charge on any atom is 0.168 e. The molecule has 7 heteroatoms. The van der Waals surface area contributed by atoms with Crippen LogP contribution >= 0.6 is 11.6 Å². The third kappa shape index (κ3) is 5.94. The molecule has 1 saturated carbocycles. The molecule has 0 unspecified atom stereocenters. The van der Waals surface area contributed by atoms with E-state index in [4.69, 9.17) is 26.3 Å². The van der Waals surface area contributed by atoms with Gasteiger partial charge in [0.1, 0.15) is 11.9 Å². The third-order valence-electron chi connectivity index (χ3n) is 5.51. The van der Waals surface area contributed by atoms with Crippen molar-refractivity contribution in [3.8, 4) is 17.6 Å². The number of hydrogen-bond donors (Lipinski definition) is 1. The first kappa shape index (κ1) is 23.3. The first-order valence-electron chi connectivity index (χ1n) is 11.1. The van der Waals surface area contributed by atoms with Gasteiger partial charge in [-0.15, -0.1) is 0 Å². The number of para-hydroxylation sites is 1. The van der Waals surface area contributed by atoms with Gasteiger partial charge in [-0.25, -0.2) is 4.98 Å². The fourth-order valence-corrected chi connectivity index (χ4v) is 3.95. The number of nitriles is 1. The highest BCUT2D eigenvalue weighted by atomic mass is 35.5. The van der Waals surface area contributed by atoms with Crippen molar-refractivity contribution in [3.05, 3.63) is 77.0 Å². The summed E-state index contributed by atoms with van der Waals surface area (Å²) in [6.07, 6.45) is 11.8. The number of aliphatic imine (C=N–C) groups is 1. The van der Waals surface area contributed by atoms with Crippen LogP contribution in [-0.4, -0.2) is 24.4 Å². The SMILES string of the molecule is COc1cccc(/C=C/C=Nc2cc(Cl)ccc2Nc2ccc(C#N)cn2)c1OC1CCCC1. The molecule has 172 valence electrons. The van der Waals surface area contributed by atoms with Gasteiger partial charge >= 0.3 is 0 Å². The van der Waals surface area contributed by atoms with Gasteiger partial charge in [0.15, 0.2) is 11.5 Å². The Morgan fingerprint density at radius 2 is 2.03 bits per heavy atom. The lowest BCUT2D eigenvalue weighted by Gasteiger charge is -2.17. The van der Waals surface area contributed by atoms with Crippen LogP contribution in [0.1, 0.15) is 36.8 Å². The number of nitrogens with zero attached hydrogens (tertiary/aromatic N) is 3. The minimum absolute atomic E-state index is 0.230. The summed E-state index contributed by atoms with van der Waals surface area (Å²) in [5.41, 5.74) is 2.84. The summed E-state index contributed by atoms with van der Waals surface area (Å²) >= 11 is 6.20. The molecule has 1 aliphatic rings. The largest absolute Gasteiger partial charge is 0.493 e. The summed E-state index contributed by atoms with van der Waals surface area (Å²) in [5, 5.41) is 12.7. The zero-order valence-corrected chi connectivity index (χ0v) is 19.6. The summed E-state index contributed by atoms with van der Waals surface area (Å²) in [7, 11) is 1.65. The van der Waals surface area contributed by atoms with Gasteiger partial charge < -0.3 is 14.8 Å². The minimum Gasteiger partial charge on any atom is -0.493 e. The average molecular weight is 473 g/mol. The second kappa shape index (κ2) is 11.4. The molecular weight excluding hydrogens is 448 g/mol. The fraction of sp³-hybridized carbons (Fsp3) is 0.222. The molecule has 4 rings (SSSR count). The maximum atomic E-state index is 8.95. The van der Waals surface area contributed by atoms with Crippen LogP contribution in [0.4, 0.5) is 17.2 Å². The maximum absolute atomic E-state index is 8.95. The van der Waals surface area contributed by atoms with E-state index in [1.165, 1.54) is 19.0 Å². The third-order valence-corrected chi connectivity index (χ3v) is 5.74. The lowest BCUT2D eigenvalue weighted by atomic mass is 10.1. The van der Waals surface area contributed by atoms with Crippen LogP contribution in [0.25, 0.3) is 6.08 Å². The van der Waals surface area contributed by atoms with Crippen molar-refractivity contribution in [2.24, 2.45) is 4.99 Å². The van der Waals surface area contributed by atoms with Crippen LogP contribution < -0.4 is 14.8 Å². The molecule has 0 aliphatic heterocycles. The molecule has 2 aromatic carbocycles. The van der Waals surface area contributed by atoms with E-state index in [1.807, 2.05) is 36.4 Å². The second-order valence-corrected chi connectivity index (χ2v) is 8.31. The summed E-state index contributed by atoms with van der Waals surface area (Å²) < 4.78 is 11.8. The van der Waals surface area contributed by atoms with Gasteiger partial charge in [-0.3, -0.25) is 4.99 Å². The van der Waals surface area contributed by atoms with Crippen LogP contribution in [-0.2, 0) is 0 Å². The molecule has 1 heterocycles. The summed E-state index contributed by atoms with van der Waals surface area (Å²) in [6.45, 7) is 0. The van der Waals surface area contributed by atoms with E-state index in [9.17, 15) is 0 Å². The Balaban J connectivity index is 1.52. The molecule has 6 nitrogen and oxygen atoms in total. The number of aromatic nitrogens is 1. The number of benzene rings is 2. The molecule has 0 saturated heterocycles. The molecule has 1 aromatic heterocycles. The number of anilines is 2. The average Bonchev–Trinajstić information content (AvgIpc) is 3.38. The van der Waals surface area contributed by atoms with Crippen LogP contribution in [0.5, 0.6) is 11.5 Å². The van der Waals surface area contributed by atoms with Gasteiger partial charge in [-0.05, 0) is 74.2 Å². The Bertz CT molecular complexity index is 1230. The van der Waals surface area contributed by atoms with E-state index in [1.54, 1.807) is 37.6 Å². The molecule has 0 radical (unpaired) electrons. The van der Waals surface area contributed by atoms with Crippen molar-refractivity contribution < 1.29 is 9.47 Å². The number of allylic oxidation sites excluding steroid dienone is 1. The normalized spacial score (nSPS) is 13.9. The van der Waals surface area contributed by atoms with Crippen molar-refractivity contribution in [2.45, 2.75) is 31.8 Å². The van der Waals surface area contributed by atoms with E-state index >= 15 is 0 Å². The van der Waals surface area contributed by atoms with E-state index < -0.39 is 0 Å². The van der Waals surface area contributed by atoms with Gasteiger partial charge in [-0.2, -0.15) is 5.26 Å². The molecule has 0 atom stereocenters. The van der Waals surface area contributed by atoms with Crippen LogP contribution in [0.2, 0.25) is 5.02 Å². The highest BCUT2D eigenvalue weighted by Gasteiger charge is 2.19. The lowest BCUT2D eigenvalue weighted by molar-refractivity contribution is 0.200. The topological polar surface area (TPSA) is 79.5 Å². The number of hydrogen-bond acceptors (Lipinski definition) is 6. The first-order valence-corrected chi connectivity index (χ1v) is 11.5. The van der Waals surface area contributed by atoms with Gasteiger partial charge in [0.2, 0.25) is 0 Å². The number of methoxy groups -OCH3 is 1. The Morgan fingerprint density at radius 1 is 1.18 bits per heavy atom. The number of pyridine rings is 1. The fourth-order valence-electron chi connectivity index (χ4n) is 3.78. The predicted octanol–water partition coefficient (Wildman–Crippen LogP) is 7.10. The summed E-state index contributed by atoms with van der Waals surface area (Å²) in [6, 6.07) is 16.8. The molecule has 0 bridgehead atoms. The number of halogens is 1. The highest BCUT2D eigenvalue weighted by Crippen LogP contribution is 2.35. The van der Waals surface area contributed by atoms with Crippen LogP contribution in [0.3, 0.4) is 0 Å². The van der Waals surface area contributed by atoms with Gasteiger partial charge in [0, 0.05) is 23.0 Å². The van der Waals surface area contributed by atoms with Crippen LogP contribution in [0, 0.1) is 11.3 Å². The van der Waals surface area contributed by atoms with E-state index in [0.717, 1.165) is 35.6 Å². The number of nitrogens with one attached hydrogen (secondary N) is 1. The number of rotatable bonds is 8. The van der Waals surface area contributed by atoms with Gasteiger partial charge in [0.05, 0.1) is 30.2 Å². The predicted molar refractivity (Wildman–Crippen MR) is 137 cm³/mol. The summed E-state index contributed by atoms with van der Waals surface area (Å²) in [4.78, 5) is 8.83. The Labute approximate surface area is 204 Å². The minimum atomic E-state index is 0.230. The van der Waals surface area contributed by atoms with Crippen molar-refractivity contribution in [2.75, 3.05) is 12.4 Å². The number of ether oxygens (including phenoxy) is 2. The first-order chi connectivity index (χ1) is 16.7. The van der Waals surface area contributed by atoms with Crippen molar-refractivity contribution >= 4 is 41.1 Å². The highest BCUT2D eigenvalue weighted by molar-refractivity contribution is 6.31. The Kier molecular flexibility index (Phi) is 7.79. The van der Waals surface area contributed by atoms with Crippen molar-refractivity contribution in [3.63, 3.8) is 0 Å². The zero-order valence-electron chi connectivity index (χ0n) is 18.9. The Morgan fingerprint density at radius 3 is 2.76 bits per heavy atom. The lowest BCUT2D eigenvalue weighted by Crippen LogP contribution is -2.12. The molecule has 1 N–H and O–H groups in total. The van der Waals surface area contributed by atoms with E-state index in [2.05, 4.69) is 21.4 Å². The van der Waals surface area contributed by atoms with Gasteiger partial charge in [0.25, 0.3) is 0 Å². The molecule has 0 spiro atoms. The zero-order chi connectivity index (χ0) is 23.8. The smallest absolute Gasteiger partial charge is 0.168 e. The van der Waals surface area contributed by atoms with E-state index in [0.29, 0.717) is 22.1 Å². The molecule has 3 aromatic rings. The van der Waals surface area contributed by atoms with Gasteiger partial charge in [-0.1, -0.05) is 23.7 Å². The molecule has 0 amide bonds. The monoisotopic (exact) mass is 472 g/mol. The Hall–Kier alpha value is -3.82.